The largest absolute Gasteiger partial charge is 0.344 e. The molecule has 0 saturated carbocycles. The second-order valence-corrected chi connectivity index (χ2v) is 7.33. The average molecular weight is 347 g/mol. The Hall–Kier alpha value is -1.56. The fraction of sp³-hybridized carbons (Fsp3) is 0. The van der Waals surface area contributed by atoms with Crippen LogP contribution in [0.1, 0.15) is 0 Å². The van der Waals surface area contributed by atoms with E-state index in [1.54, 1.807) is 6.07 Å². The average Bonchev–Trinajstić information content (AvgIpc) is 3.10. The number of nitro groups is 1. The van der Waals surface area contributed by atoms with E-state index in [-0.39, 0.29) is 5.00 Å². The Morgan fingerprint density at radius 1 is 1.45 bits per heavy atom. The van der Waals surface area contributed by atoms with Crippen molar-refractivity contribution in [1.29, 1.82) is 0 Å². The maximum atomic E-state index is 10.6. The lowest BCUT2D eigenvalue weighted by Gasteiger charge is -1.89. The molecule has 0 atom stereocenters. The highest BCUT2D eigenvalue weighted by Crippen LogP contribution is 2.43. The quantitative estimate of drug-likeness (QED) is 0.570. The number of aromatic amines is 1. The topological polar surface area (TPSA) is 110 Å². The van der Waals surface area contributed by atoms with Crippen LogP contribution in [0.25, 0.3) is 10.7 Å². The summed E-state index contributed by atoms with van der Waals surface area (Å²) in [7, 11) is 0. The van der Waals surface area contributed by atoms with Crippen molar-refractivity contribution in [3.63, 3.8) is 0 Å². The van der Waals surface area contributed by atoms with Gasteiger partial charge in [0.15, 0.2) is 10.2 Å². The molecule has 0 amide bonds. The van der Waals surface area contributed by atoms with E-state index >= 15 is 0 Å². The molecule has 0 saturated heterocycles. The minimum absolute atomic E-state index is 0.00908. The molecule has 0 bridgehead atoms. The summed E-state index contributed by atoms with van der Waals surface area (Å²) >= 11 is 9.83. The van der Waals surface area contributed by atoms with Gasteiger partial charge in [-0.2, -0.15) is 0 Å². The predicted octanol–water partition coefficient (Wildman–Crippen LogP) is 3.10. The molecule has 0 aliphatic carbocycles. The fourth-order valence-corrected chi connectivity index (χ4v) is 4.87. The zero-order chi connectivity index (χ0) is 14.1. The fourth-order valence-electron chi connectivity index (χ4n) is 1.28. The van der Waals surface area contributed by atoms with E-state index in [4.69, 9.17) is 11.6 Å². The van der Waals surface area contributed by atoms with Crippen LogP contribution in [0.3, 0.4) is 0 Å². The SMILES string of the molecule is O=[N+]([O-])c1cnc(Sc2cc(Cl)c(-c3nnn[nH]3)s2)s1. The molecule has 0 fully saturated rings. The molecule has 0 aliphatic heterocycles. The van der Waals surface area contributed by atoms with Gasteiger partial charge in [-0.05, 0) is 39.6 Å². The van der Waals surface area contributed by atoms with E-state index in [0.29, 0.717) is 20.1 Å². The van der Waals surface area contributed by atoms with Crippen LogP contribution in [0.4, 0.5) is 5.00 Å². The van der Waals surface area contributed by atoms with Crippen molar-refractivity contribution < 1.29 is 4.92 Å². The van der Waals surface area contributed by atoms with Crippen LogP contribution < -0.4 is 0 Å². The predicted molar refractivity (Wildman–Crippen MR) is 75.4 cm³/mol. The number of nitrogens with zero attached hydrogens (tertiary/aromatic N) is 5. The van der Waals surface area contributed by atoms with Crippen molar-refractivity contribution >= 4 is 51.0 Å². The number of nitrogens with one attached hydrogen (secondary N) is 1. The highest BCUT2D eigenvalue weighted by molar-refractivity contribution is 8.02. The van der Waals surface area contributed by atoms with Gasteiger partial charge in [0.05, 0.1) is 19.0 Å². The highest BCUT2D eigenvalue weighted by atomic mass is 35.5. The molecular formula is C8H3ClN6O2S3. The van der Waals surface area contributed by atoms with Crippen molar-refractivity contribution in [3.8, 4) is 10.7 Å². The molecule has 0 aromatic carbocycles. The van der Waals surface area contributed by atoms with Gasteiger partial charge in [-0.3, -0.25) is 10.1 Å². The highest BCUT2D eigenvalue weighted by Gasteiger charge is 2.16. The van der Waals surface area contributed by atoms with Gasteiger partial charge in [0.2, 0.25) is 0 Å². The third-order valence-corrected chi connectivity index (χ3v) is 5.75. The van der Waals surface area contributed by atoms with Crippen LogP contribution in [0.2, 0.25) is 5.02 Å². The van der Waals surface area contributed by atoms with E-state index in [1.807, 2.05) is 0 Å². The van der Waals surface area contributed by atoms with Crippen molar-refractivity contribution in [1.82, 2.24) is 25.6 Å². The molecule has 8 nitrogen and oxygen atoms in total. The number of thiazole rings is 1. The maximum Gasteiger partial charge on any atom is 0.344 e. The van der Waals surface area contributed by atoms with Crippen molar-refractivity contribution in [3.05, 3.63) is 27.4 Å². The molecule has 3 aromatic heterocycles. The van der Waals surface area contributed by atoms with Crippen molar-refractivity contribution in [2.24, 2.45) is 0 Å². The summed E-state index contributed by atoms with van der Waals surface area (Å²) in [5, 5.41) is 24.5. The first-order chi connectivity index (χ1) is 9.63. The van der Waals surface area contributed by atoms with Crippen molar-refractivity contribution in [2.45, 2.75) is 8.55 Å². The number of rotatable bonds is 4. The minimum atomic E-state index is -0.464. The monoisotopic (exact) mass is 346 g/mol. The molecule has 0 radical (unpaired) electrons. The lowest BCUT2D eigenvalue weighted by Crippen LogP contribution is -1.80. The Labute approximate surface area is 128 Å². The summed E-state index contributed by atoms with van der Waals surface area (Å²) in [6.45, 7) is 0. The van der Waals surface area contributed by atoms with Gasteiger partial charge in [0, 0.05) is 0 Å². The molecule has 20 heavy (non-hydrogen) atoms. The van der Waals surface area contributed by atoms with Gasteiger partial charge in [-0.1, -0.05) is 11.6 Å². The van der Waals surface area contributed by atoms with Crippen LogP contribution in [-0.4, -0.2) is 30.5 Å². The zero-order valence-corrected chi connectivity index (χ0v) is 12.5. The molecule has 0 aliphatic rings. The third-order valence-electron chi connectivity index (χ3n) is 2.06. The van der Waals surface area contributed by atoms with E-state index < -0.39 is 4.92 Å². The normalized spacial score (nSPS) is 10.8. The molecule has 1 N–H and O–H groups in total. The summed E-state index contributed by atoms with van der Waals surface area (Å²) in [5.74, 6) is 0.483. The number of hydrogen-bond acceptors (Lipinski definition) is 9. The Bertz CT molecular complexity index is 754. The molecular weight excluding hydrogens is 344 g/mol. The van der Waals surface area contributed by atoms with Gasteiger partial charge < -0.3 is 0 Å². The molecule has 3 heterocycles. The molecule has 3 rings (SSSR count). The number of H-pyrrole nitrogens is 1. The van der Waals surface area contributed by atoms with E-state index in [0.717, 1.165) is 15.5 Å². The molecule has 0 spiro atoms. The Morgan fingerprint density at radius 3 is 2.95 bits per heavy atom. The standard InChI is InChI=1S/C8H3ClN6O2S3/c9-3-1-5(19-6(3)7-11-13-14-12-7)20-8-10-2-4(18-8)15(16)17/h1-2H,(H,11,12,13,14). The number of thiophene rings is 1. The summed E-state index contributed by atoms with van der Waals surface area (Å²) in [6.07, 6.45) is 1.24. The summed E-state index contributed by atoms with van der Waals surface area (Å²) in [6, 6.07) is 1.75. The first-order valence-electron chi connectivity index (χ1n) is 4.95. The van der Waals surface area contributed by atoms with Gasteiger partial charge >= 0.3 is 5.00 Å². The van der Waals surface area contributed by atoms with E-state index in [1.165, 1.54) is 29.3 Å². The van der Waals surface area contributed by atoms with Gasteiger partial charge in [-0.25, -0.2) is 10.1 Å². The minimum Gasteiger partial charge on any atom is -0.257 e. The second-order valence-electron chi connectivity index (χ2n) is 3.32. The summed E-state index contributed by atoms with van der Waals surface area (Å²) in [5.41, 5.74) is 0. The molecule has 3 aromatic rings. The van der Waals surface area contributed by atoms with Gasteiger partial charge in [0.1, 0.15) is 6.20 Å². The van der Waals surface area contributed by atoms with Crippen LogP contribution in [-0.2, 0) is 0 Å². The zero-order valence-electron chi connectivity index (χ0n) is 9.31. The Balaban J connectivity index is 1.84. The Kier molecular flexibility index (Phi) is 3.65. The van der Waals surface area contributed by atoms with E-state index in [2.05, 4.69) is 25.6 Å². The van der Waals surface area contributed by atoms with Crippen LogP contribution in [0.5, 0.6) is 0 Å². The first kappa shape index (κ1) is 13.4. The second kappa shape index (κ2) is 5.44. The lowest BCUT2D eigenvalue weighted by atomic mass is 10.4. The lowest BCUT2D eigenvalue weighted by molar-refractivity contribution is -0.380. The molecule has 102 valence electrons. The number of hydrogen-bond donors (Lipinski definition) is 1. The van der Waals surface area contributed by atoms with Crippen LogP contribution in [0.15, 0.2) is 20.8 Å². The van der Waals surface area contributed by atoms with Crippen molar-refractivity contribution in [2.75, 3.05) is 0 Å². The molecule has 12 heteroatoms. The maximum absolute atomic E-state index is 10.6. The number of halogens is 1. The van der Waals surface area contributed by atoms with Gasteiger partial charge in [0.25, 0.3) is 0 Å². The smallest absolute Gasteiger partial charge is 0.257 e. The Morgan fingerprint density at radius 2 is 2.30 bits per heavy atom. The third kappa shape index (κ3) is 2.65. The summed E-state index contributed by atoms with van der Waals surface area (Å²) < 4.78 is 1.43. The number of tetrazole rings is 1. The number of aromatic nitrogens is 5. The van der Waals surface area contributed by atoms with Gasteiger partial charge in [-0.15, -0.1) is 16.4 Å². The first-order valence-corrected chi connectivity index (χ1v) is 7.77. The van der Waals surface area contributed by atoms with Crippen LogP contribution in [0, 0.1) is 10.1 Å². The summed E-state index contributed by atoms with van der Waals surface area (Å²) in [4.78, 5) is 14.8. The van der Waals surface area contributed by atoms with Crippen LogP contribution >= 0.6 is 46.0 Å². The molecule has 0 unspecified atom stereocenters. The van der Waals surface area contributed by atoms with E-state index in [9.17, 15) is 10.1 Å².